The molecule has 16 heteroatoms. The topological polar surface area (TPSA) is 185 Å². The number of hydrogen-bond acceptors (Lipinski definition) is 11. The number of carbonyl (C=O) groups excluding carboxylic acids is 2. The van der Waals surface area contributed by atoms with E-state index in [1.54, 1.807) is 62.1 Å². The van der Waals surface area contributed by atoms with Gasteiger partial charge in [-0.3, -0.25) is 9.40 Å². The van der Waals surface area contributed by atoms with Crippen molar-refractivity contribution < 1.29 is 41.5 Å². The predicted octanol–water partition coefficient (Wildman–Crippen LogP) is 4.20. The van der Waals surface area contributed by atoms with E-state index in [1.807, 2.05) is 6.92 Å². The Morgan fingerprint density at radius 1 is 1.00 bits per heavy atom. The molecule has 0 unspecified atom stereocenters. The van der Waals surface area contributed by atoms with Crippen molar-refractivity contribution in [1.82, 2.24) is 25.6 Å². The zero-order valence-electron chi connectivity index (χ0n) is 26.5. The number of anilines is 1. The van der Waals surface area contributed by atoms with Gasteiger partial charge in [0.2, 0.25) is 0 Å². The summed E-state index contributed by atoms with van der Waals surface area (Å²) < 4.78 is 58.1. The summed E-state index contributed by atoms with van der Waals surface area (Å²) in [7, 11) is -1.52. The van der Waals surface area contributed by atoms with Gasteiger partial charge in [0.15, 0.2) is 11.4 Å². The fourth-order valence-corrected chi connectivity index (χ4v) is 5.54. The van der Waals surface area contributed by atoms with E-state index in [2.05, 4.69) is 30.3 Å². The first-order chi connectivity index (χ1) is 21.8. The molecule has 0 atom stereocenters. The van der Waals surface area contributed by atoms with Crippen molar-refractivity contribution in [3.63, 3.8) is 0 Å². The van der Waals surface area contributed by atoms with Crippen LogP contribution >= 0.6 is 0 Å². The van der Waals surface area contributed by atoms with Crippen LogP contribution in [0.4, 0.5) is 15.4 Å². The van der Waals surface area contributed by atoms with Gasteiger partial charge in [-0.1, -0.05) is 18.1 Å². The first kappa shape index (κ1) is 33.9. The second-order valence-electron chi connectivity index (χ2n) is 11.1. The number of fused-ring (bicyclic) bond motifs is 1. The number of nitrogens with one attached hydrogen (secondary N) is 3. The molecule has 0 bridgehead atoms. The number of carbonyl (C=O) groups is 2. The summed E-state index contributed by atoms with van der Waals surface area (Å²) in [5.74, 6) is 0.365. The summed E-state index contributed by atoms with van der Waals surface area (Å²) in [6.45, 7) is 7.94. The number of benzene rings is 2. The van der Waals surface area contributed by atoms with Crippen LogP contribution in [0.5, 0.6) is 11.5 Å². The summed E-state index contributed by atoms with van der Waals surface area (Å²) >= 11 is 0. The van der Waals surface area contributed by atoms with Crippen molar-refractivity contribution in [2.45, 2.75) is 57.7 Å². The molecule has 3 N–H and O–H groups in total. The zero-order valence-corrected chi connectivity index (χ0v) is 27.3. The number of methoxy groups -OCH3 is 2. The molecule has 2 aromatic carbocycles. The minimum Gasteiger partial charge on any atom is -0.496 e. The van der Waals surface area contributed by atoms with Crippen LogP contribution in [0.3, 0.4) is 0 Å². The Bertz CT molecular complexity index is 1790. The van der Waals surface area contributed by atoms with E-state index < -0.39 is 27.8 Å². The highest BCUT2D eigenvalue weighted by Crippen LogP contribution is 2.36. The molecule has 0 aliphatic carbocycles. The van der Waals surface area contributed by atoms with Crippen molar-refractivity contribution in [3.05, 3.63) is 59.4 Å². The molecule has 0 saturated carbocycles. The second-order valence-corrected chi connectivity index (χ2v) is 12.8. The Kier molecular flexibility index (Phi) is 10.6. The van der Waals surface area contributed by atoms with Crippen LogP contribution in [0.2, 0.25) is 0 Å². The monoisotopic (exact) mass is 658 g/mol. The van der Waals surface area contributed by atoms with Crippen LogP contribution in [0.25, 0.3) is 11.0 Å². The summed E-state index contributed by atoms with van der Waals surface area (Å²) in [5, 5.41) is 13.8. The highest BCUT2D eigenvalue weighted by Gasteiger charge is 2.25. The molecule has 2 heterocycles. The SMILES string of the molecule is CCc1ccc(OCCNC(=O)OC)c(S(=O)(=O)Nc2noc3cc(Cn4cc(CNC(=O)OC(C)(C)C)cn4)cc(OC)c23)c1. The summed E-state index contributed by atoms with van der Waals surface area (Å²) in [6.07, 6.45) is 2.85. The van der Waals surface area contributed by atoms with Crippen molar-refractivity contribution in [2.24, 2.45) is 0 Å². The Labute approximate surface area is 266 Å². The molecule has 248 valence electrons. The third-order valence-electron chi connectivity index (χ3n) is 6.44. The van der Waals surface area contributed by atoms with Gasteiger partial charge in [0, 0.05) is 18.3 Å². The number of sulfonamides is 1. The lowest BCUT2D eigenvalue weighted by Gasteiger charge is -2.19. The van der Waals surface area contributed by atoms with E-state index in [1.165, 1.54) is 20.3 Å². The van der Waals surface area contributed by atoms with E-state index in [0.29, 0.717) is 29.7 Å². The van der Waals surface area contributed by atoms with E-state index in [0.717, 1.165) is 16.7 Å². The number of ether oxygens (including phenoxy) is 4. The predicted molar refractivity (Wildman–Crippen MR) is 167 cm³/mol. The summed E-state index contributed by atoms with van der Waals surface area (Å²) in [4.78, 5) is 23.2. The molecule has 0 spiro atoms. The van der Waals surface area contributed by atoms with Gasteiger partial charge in [0.1, 0.15) is 34.0 Å². The lowest BCUT2D eigenvalue weighted by atomic mass is 10.1. The molecule has 4 aromatic rings. The van der Waals surface area contributed by atoms with Gasteiger partial charge in [-0.2, -0.15) is 5.10 Å². The Morgan fingerprint density at radius 3 is 2.48 bits per heavy atom. The van der Waals surface area contributed by atoms with E-state index >= 15 is 0 Å². The molecule has 0 fully saturated rings. The number of rotatable bonds is 13. The first-order valence-electron chi connectivity index (χ1n) is 14.4. The molecular weight excluding hydrogens is 620 g/mol. The van der Waals surface area contributed by atoms with Gasteiger partial charge < -0.3 is 34.1 Å². The van der Waals surface area contributed by atoms with Crippen LogP contribution in [0.1, 0.15) is 44.4 Å². The Balaban J connectivity index is 1.51. The Morgan fingerprint density at radius 2 is 1.78 bits per heavy atom. The average Bonchev–Trinajstić information content (AvgIpc) is 3.63. The molecule has 0 saturated heterocycles. The minimum atomic E-state index is -4.22. The molecule has 46 heavy (non-hydrogen) atoms. The summed E-state index contributed by atoms with van der Waals surface area (Å²) in [6, 6.07) is 8.29. The molecule has 4 rings (SSSR count). The Hall–Kier alpha value is -4.99. The van der Waals surface area contributed by atoms with E-state index in [-0.39, 0.29) is 36.2 Å². The molecular formula is C30H38N6O9S. The largest absolute Gasteiger partial charge is 0.496 e. The van der Waals surface area contributed by atoms with Gasteiger partial charge in [-0.05, 0) is 62.6 Å². The first-order valence-corrected chi connectivity index (χ1v) is 15.8. The molecule has 0 radical (unpaired) electrons. The fourth-order valence-electron chi connectivity index (χ4n) is 4.34. The number of hydrogen-bond donors (Lipinski definition) is 3. The van der Waals surface area contributed by atoms with Gasteiger partial charge in [0.05, 0.1) is 33.5 Å². The maximum atomic E-state index is 13.6. The second kappa shape index (κ2) is 14.4. The van der Waals surface area contributed by atoms with Crippen molar-refractivity contribution in [1.29, 1.82) is 0 Å². The fraction of sp³-hybridized carbons (Fsp3) is 0.400. The average molecular weight is 659 g/mol. The van der Waals surface area contributed by atoms with Crippen LogP contribution in [-0.2, 0) is 39.0 Å². The lowest BCUT2D eigenvalue weighted by molar-refractivity contribution is 0.0523. The lowest BCUT2D eigenvalue weighted by Crippen LogP contribution is -2.32. The molecule has 2 aromatic heterocycles. The van der Waals surface area contributed by atoms with Gasteiger partial charge in [-0.25, -0.2) is 18.0 Å². The number of nitrogens with zero attached hydrogens (tertiary/aromatic N) is 3. The molecule has 2 amide bonds. The number of aromatic nitrogens is 3. The van der Waals surface area contributed by atoms with Crippen LogP contribution < -0.4 is 24.8 Å². The van der Waals surface area contributed by atoms with Gasteiger partial charge >= 0.3 is 12.2 Å². The third-order valence-corrected chi connectivity index (χ3v) is 7.80. The molecule has 15 nitrogen and oxygen atoms in total. The maximum absolute atomic E-state index is 13.6. The minimum absolute atomic E-state index is 0.00454. The third kappa shape index (κ3) is 8.80. The van der Waals surface area contributed by atoms with Crippen LogP contribution in [0, 0.1) is 0 Å². The van der Waals surface area contributed by atoms with Crippen molar-refractivity contribution in [2.75, 3.05) is 32.1 Å². The van der Waals surface area contributed by atoms with Crippen LogP contribution in [0.15, 0.2) is 52.1 Å². The zero-order chi connectivity index (χ0) is 33.5. The molecule has 0 aliphatic heterocycles. The maximum Gasteiger partial charge on any atom is 0.407 e. The van der Waals surface area contributed by atoms with Crippen molar-refractivity contribution >= 4 is 39.0 Å². The standard InChI is InChI=1S/C30H38N6O9S/c1-7-19-8-9-22(43-11-10-31-28(37)42-6)25(14-19)46(39,40)35-27-26-23(41-5)12-20(13-24(26)45-34-27)17-36-18-21(16-33-36)15-32-29(38)44-30(2,3)4/h8-9,12-14,16,18H,7,10-11,15,17H2,1-6H3,(H,31,37)(H,32,38)(H,34,35). The van der Waals surface area contributed by atoms with Gasteiger partial charge in [0.25, 0.3) is 10.0 Å². The highest BCUT2D eigenvalue weighted by atomic mass is 32.2. The number of aryl methyl sites for hydroxylation is 1. The van der Waals surface area contributed by atoms with Gasteiger partial charge in [-0.15, -0.1) is 0 Å². The smallest absolute Gasteiger partial charge is 0.407 e. The highest BCUT2D eigenvalue weighted by molar-refractivity contribution is 7.92. The van der Waals surface area contributed by atoms with Crippen molar-refractivity contribution in [3.8, 4) is 11.5 Å². The van der Waals surface area contributed by atoms with E-state index in [4.69, 9.17) is 18.7 Å². The molecule has 0 aliphatic rings. The normalized spacial score (nSPS) is 11.6. The van der Waals surface area contributed by atoms with E-state index in [9.17, 15) is 18.0 Å². The van der Waals surface area contributed by atoms with Crippen LogP contribution in [-0.4, -0.2) is 68.5 Å². The quantitative estimate of drug-likeness (QED) is 0.175. The number of amides is 2. The number of alkyl carbamates (subject to hydrolysis) is 2. The summed E-state index contributed by atoms with van der Waals surface area (Å²) in [5.41, 5.74) is 1.98.